The van der Waals surface area contributed by atoms with Crippen molar-refractivity contribution in [2.24, 2.45) is 10.9 Å². The number of nitrogens with one attached hydrogen (secondary N) is 1. The molecule has 144 valence electrons. The van der Waals surface area contributed by atoms with Gasteiger partial charge >= 0.3 is 0 Å². The van der Waals surface area contributed by atoms with Crippen LogP contribution in [0.25, 0.3) is 0 Å². The van der Waals surface area contributed by atoms with Crippen LogP contribution in [0.2, 0.25) is 0 Å². The summed E-state index contributed by atoms with van der Waals surface area (Å²) in [6.07, 6.45) is 3.20. The molecule has 0 bridgehead atoms. The van der Waals surface area contributed by atoms with E-state index < -0.39 is 0 Å². The van der Waals surface area contributed by atoms with Crippen molar-refractivity contribution in [3.63, 3.8) is 0 Å². The van der Waals surface area contributed by atoms with E-state index in [0.29, 0.717) is 5.92 Å². The molecule has 2 aliphatic heterocycles. The van der Waals surface area contributed by atoms with Gasteiger partial charge in [0.25, 0.3) is 0 Å². The average molecular weight is 360 g/mol. The predicted octanol–water partition coefficient (Wildman–Crippen LogP) is 2.67. The fourth-order valence-electron chi connectivity index (χ4n) is 3.99. The van der Waals surface area contributed by atoms with Gasteiger partial charge in [0.05, 0.1) is 13.2 Å². The number of aliphatic imine (C=N–C) groups is 1. The molecule has 1 aromatic carbocycles. The lowest BCUT2D eigenvalue weighted by Crippen LogP contribution is -2.43. The number of benzene rings is 1. The number of hydrogen-bond donors (Lipinski definition) is 1. The number of hydrogen-bond acceptors (Lipinski definition) is 3. The molecular weight excluding hydrogens is 326 g/mol. The lowest BCUT2D eigenvalue weighted by molar-refractivity contribution is 0.0530. The third-order valence-corrected chi connectivity index (χ3v) is 5.62. The Morgan fingerprint density at radius 3 is 2.62 bits per heavy atom. The molecular formula is C21H33N3O2. The number of nitrogens with zero attached hydrogens (tertiary/aromatic N) is 2. The molecule has 5 nitrogen and oxygen atoms in total. The van der Waals surface area contributed by atoms with E-state index in [2.05, 4.69) is 54.5 Å². The Bertz CT molecular complexity index is 564. The third-order valence-electron chi connectivity index (χ3n) is 5.62. The second-order valence-corrected chi connectivity index (χ2v) is 7.54. The summed E-state index contributed by atoms with van der Waals surface area (Å²) < 4.78 is 11.2. The molecule has 2 saturated heterocycles. The van der Waals surface area contributed by atoms with Gasteiger partial charge < -0.3 is 19.7 Å². The van der Waals surface area contributed by atoms with Crippen molar-refractivity contribution in [1.82, 2.24) is 10.2 Å². The highest BCUT2D eigenvalue weighted by molar-refractivity contribution is 5.79. The molecule has 2 aliphatic rings. The Morgan fingerprint density at radius 1 is 1.19 bits per heavy atom. The standard InChI is InChI=1S/C21H33N3O2/c1-3-22-20(24(2)15-18-9-12-26-16-18)23-17-21(10-13-25-14-11-21)19-7-5-4-6-8-19/h4-8,18H,3,9-17H2,1-2H3,(H,22,23). The monoisotopic (exact) mass is 359 g/mol. The van der Waals surface area contributed by atoms with E-state index in [1.807, 2.05) is 0 Å². The molecule has 0 radical (unpaired) electrons. The topological polar surface area (TPSA) is 46.1 Å². The summed E-state index contributed by atoms with van der Waals surface area (Å²) in [4.78, 5) is 7.33. The first-order chi connectivity index (χ1) is 12.7. The fraction of sp³-hybridized carbons (Fsp3) is 0.667. The first-order valence-electron chi connectivity index (χ1n) is 9.94. The van der Waals surface area contributed by atoms with Crippen LogP contribution in [0.4, 0.5) is 0 Å². The van der Waals surface area contributed by atoms with Gasteiger partial charge in [0.15, 0.2) is 5.96 Å². The molecule has 0 spiro atoms. The van der Waals surface area contributed by atoms with Crippen LogP contribution >= 0.6 is 0 Å². The van der Waals surface area contributed by atoms with E-state index in [1.165, 1.54) is 5.56 Å². The Balaban J connectivity index is 1.74. The molecule has 0 aliphatic carbocycles. The van der Waals surface area contributed by atoms with E-state index in [-0.39, 0.29) is 5.41 Å². The van der Waals surface area contributed by atoms with E-state index >= 15 is 0 Å². The van der Waals surface area contributed by atoms with E-state index in [0.717, 1.165) is 71.3 Å². The van der Waals surface area contributed by atoms with Crippen LogP contribution in [0.1, 0.15) is 31.7 Å². The van der Waals surface area contributed by atoms with Crippen LogP contribution < -0.4 is 5.32 Å². The summed E-state index contributed by atoms with van der Waals surface area (Å²) in [6.45, 7) is 8.20. The van der Waals surface area contributed by atoms with Gasteiger partial charge in [0.2, 0.25) is 0 Å². The Hall–Kier alpha value is -1.59. The molecule has 1 atom stereocenters. The zero-order valence-electron chi connectivity index (χ0n) is 16.2. The van der Waals surface area contributed by atoms with E-state index in [1.54, 1.807) is 0 Å². The number of ether oxygens (including phenoxy) is 2. The highest BCUT2D eigenvalue weighted by atomic mass is 16.5. The fourth-order valence-corrected chi connectivity index (χ4v) is 3.99. The highest BCUT2D eigenvalue weighted by Crippen LogP contribution is 2.35. The van der Waals surface area contributed by atoms with Gasteiger partial charge in [0, 0.05) is 51.3 Å². The second-order valence-electron chi connectivity index (χ2n) is 7.54. The molecule has 2 fully saturated rings. The van der Waals surface area contributed by atoms with Gasteiger partial charge in [-0.25, -0.2) is 0 Å². The normalized spacial score (nSPS) is 23.0. The summed E-state index contributed by atoms with van der Waals surface area (Å²) in [5.74, 6) is 1.61. The van der Waals surface area contributed by atoms with Crippen LogP contribution in [0.15, 0.2) is 35.3 Å². The van der Waals surface area contributed by atoms with Crippen molar-refractivity contribution >= 4 is 5.96 Å². The average Bonchev–Trinajstić information content (AvgIpc) is 3.19. The first-order valence-corrected chi connectivity index (χ1v) is 9.94. The molecule has 1 unspecified atom stereocenters. The quantitative estimate of drug-likeness (QED) is 0.627. The molecule has 2 heterocycles. The largest absolute Gasteiger partial charge is 0.381 e. The smallest absolute Gasteiger partial charge is 0.193 e. The van der Waals surface area contributed by atoms with Gasteiger partial charge in [-0.05, 0) is 31.7 Å². The van der Waals surface area contributed by atoms with Crippen molar-refractivity contribution in [2.75, 3.05) is 53.1 Å². The van der Waals surface area contributed by atoms with Crippen molar-refractivity contribution < 1.29 is 9.47 Å². The molecule has 0 amide bonds. The zero-order chi connectivity index (χ0) is 18.2. The zero-order valence-corrected chi connectivity index (χ0v) is 16.2. The third kappa shape index (κ3) is 4.77. The molecule has 0 aromatic heterocycles. The van der Waals surface area contributed by atoms with Crippen molar-refractivity contribution in [3.8, 4) is 0 Å². The molecule has 3 rings (SSSR count). The molecule has 26 heavy (non-hydrogen) atoms. The minimum atomic E-state index is 0.0808. The van der Waals surface area contributed by atoms with Crippen LogP contribution in [-0.2, 0) is 14.9 Å². The number of guanidine groups is 1. The SMILES string of the molecule is CCNC(=NCC1(c2ccccc2)CCOCC1)N(C)CC1CCOC1. The molecule has 0 saturated carbocycles. The summed E-state index contributed by atoms with van der Waals surface area (Å²) >= 11 is 0. The minimum absolute atomic E-state index is 0.0808. The van der Waals surface area contributed by atoms with Crippen LogP contribution in [-0.4, -0.2) is 64.0 Å². The van der Waals surface area contributed by atoms with Gasteiger partial charge in [0.1, 0.15) is 0 Å². The van der Waals surface area contributed by atoms with Crippen molar-refractivity contribution in [2.45, 2.75) is 31.6 Å². The maximum Gasteiger partial charge on any atom is 0.193 e. The number of rotatable bonds is 6. The minimum Gasteiger partial charge on any atom is -0.381 e. The Morgan fingerprint density at radius 2 is 1.96 bits per heavy atom. The first kappa shape index (κ1) is 19.2. The van der Waals surface area contributed by atoms with Crippen LogP contribution in [0.3, 0.4) is 0 Å². The maximum atomic E-state index is 5.65. The summed E-state index contributed by atoms with van der Waals surface area (Å²) in [6, 6.07) is 10.8. The van der Waals surface area contributed by atoms with Crippen LogP contribution in [0.5, 0.6) is 0 Å². The van der Waals surface area contributed by atoms with E-state index in [9.17, 15) is 0 Å². The van der Waals surface area contributed by atoms with Gasteiger partial charge in [-0.15, -0.1) is 0 Å². The molecule has 1 N–H and O–H groups in total. The Kier molecular flexibility index (Phi) is 6.92. The van der Waals surface area contributed by atoms with Gasteiger partial charge in [-0.3, -0.25) is 4.99 Å². The maximum absolute atomic E-state index is 5.65. The van der Waals surface area contributed by atoms with Crippen molar-refractivity contribution in [3.05, 3.63) is 35.9 Å². The Labute approximate surface area is 157 Å². The summed E-state index contributed by atoms with van der Waals surface area (Å²) in [7, 11) is 2.14. The molecule has 5 heteroatoms. The predicted molar refractivity (Wildman–Crippen MR) is 106 cm³/mol. The van der Waals surface area contributed by atoms with Gasteiger partial charge in [-0.1, -0.05) is 30.3 Å². The van der Waals surface area contributed by atoms with Gasteiger partial charge in [-0.2, -0.15) is 0 Å². The second kappa shape index (κ2) is 9.38. The highest BCUT2D eigenvalue weighted by Gasteiger charge is 2.34. The lowest BCUT2D eigenvalue weighted by atomic mass is 9.74. The summed E-state index contributed by atoms with van der Waals surface area (Å²) in [5, 5.41) is 3.47. The lowest BCUT2D eigenvalue weighted by Gasteiger charge is -2.37. The van der Waals surface area contributed by atoms with Crippen molar-refractivity contribution in [1.29, 1.82) is 0 Å². The van der Waals surface area contributed by atoms with E-state index in [4.69, 9.17) is 14.5 Å². The van der Waals surface area contributed by atoms with Crippen LogP contribution in [0, 0.1) is 5.92 Å². The molecule has 1 aromatic rings. The summed E-state index contributed by atoms with van der Waals surface area (Å²) in [5.41, 5.74) is 1.46.